The molecule has 0 spiro atoms. The summed E-state index contributed by atoms with van der Waals surface area (Å²) < 4.78 is 0. The van der Waals surface area contributed by atoms with Gasteiger partial charge in [0, 0.05) is 19.0 Å². The van der Waals surface area contributed by atoms with Gasteiger partial charge in [-0.2, -0.15) is 0 Å². The number of anilines is 1. The maximum Gasteiger partial charge on any atom is 0.229 e. The second kappa shape index (κ2) is 3.79. The monoisotopic (exact) mass is 225 g/mol. The quantitative estimate of drug-likeness (QED) is 0.729. The van der Waals surface area contributed by atoms with Crippen molar-refractivity contribution in [2.75, 3.05) is 11.4 Å². The number of rotatable bonds is 1. The van der Waals surface area contributed by atoms with Crippen molar-refractivity contribution in [2.24, 2.45) is 5.73 Å². The van der Waals surface area contributed by atoms with Crippen molar-refractivity contribution in [3.05, 3.63) is 22.8 Å². The molecule has 1 amide bonds. The summed E-state index contributed by atoms with van der Waals surface area (Å²) in [5.74, 6) is 0.596. The first-order chi connectivity index (χ1) is 7.08. The largest absolute Gasteiger partial charge is 0.326 e. The Kier molecular flexibility index (Phi) is 2.63. The molecule has 1 aromatic heterocycles. The van der Waals surface area contributed by atoms with Gasteiger partial charge in [0.15, 0.2) is 0 Å². The average Bonchev–Trinajstić information content (AvgIpc) is 2.50. The van der Waals surface area contributed by atoms with Crippen molar-refractivity contribution in [2.45, 2.75) is 19.4 Å². The molecule has 0 bridgehead atoms. The Morgan fingerprint density at radius 2 is 2.33 bits per heavy atom. The van der Waals surface area contributed by atoms with Crippen LogP contribution in [0.15, 0.2) is 12.1 Å². The highest BCUT2D eigenvalue weighted by Gasteiger charge is 2.28. The molecule has 2 rings (SSSR count). The van der Waals surface area contributed by atoms with Crippen molar-refractivity contribution in [3.63, 3.8) is 0 Å². The zero-order valence-electron chi connectivity index (χ0n) is 8.40. The predicted molar refractivity (Wildman–Crippen MR) is 58.9 cm³/mol. The van der Waals surface area contributed by atoms with Crippen molar-refractivity contribution in [1.82, 2.24) is 4.98 Å². The van der Waals surface area contributed by atoms with E-state index in [2.05, 4.69) is 4.98 Å². The van der Waals surface area contributed by atoms with Gasteiger partial charge in [0.2, 0.25) is 5.91 Å². The van der Waals surface area contributed by atoms with Crippen molar-refractivity contribution in [1.29, 1.82) is 0 Å². The molecular weight excluding hydrogens is 214 g/mol. The van der Waals surface area contributed by atoms with Crippen LogP contribution < -0.4 is 10.6 Å². The van der Waals surface area contributed by atoms with Crippen molar-refractivity contribution in [3.8, 4) is 0 Å². The Morgan fingerprint density at radius 3 is 2.87 bits per heavy atom. The van der Waals surface area contributed by atoms with Crippen LogP contribution >= 0.6 is 11.6 Å². The van der Waals surface area contributed by atoms with Gasteiger partial charge in [0.1, 0.15) is 11.0 Å². The summed E-state index contributed by atoms with van der Waals surface area (Å²) in [6.45, 7) is 2.39. The van der Waals surface area contributed by atoms with Gasteiger partial charge in [0.05, 0.1) is 0 Å². The molecule has 4 nitrogen and oxygen atoms in total. The highest BCUT2D eigenvalue weighted by Crippen LogP contribution is 2.22. The summed E-state index contributed by atoms with van der Waals surface area (Å²) in [4.78, 5) is 17.3. The van der Waals surface area contributed by atoms with Crippen LogP contribution in [0.25, 0.3) is 0 Å². The van der Waals surface area contributed by atoms with E-state index in [1.807, 2.05) is 13.0 Å². The second-order valence-corrected chi connectivity index (χ2v) is 4.10. The van der Waals surface area contributed by atoms with E-state index in [-0.39, 0.29) is 11.9 Å². The standard InChI is InChI=1S/C10H12ClN3O/c1-6-2-3-8(13-10(6)11)14-5-7(12)4-9(14)15/h2-3,7H,4-5,12H2,1H3. The van der Waals surface area contributed by atoms with Crippen LogP contribution in [0.4, 0.5) is 5.82 Å². The zero-order chi connectivity index (χ0) is 11.0. The van der Waals surface area contributed by atoms with Crippen LogP contribution in [-0.4, -0.2) is 23.5 Å². The Morgan fingerprint density at radius 1 is 1.60 bits per heavy atom. The molecule has 0 radical (unpaired) electrons. The summed E-state index contributed by atoms with van der Waals surface area (Å²) in [6, 6.07) is 3.54. The van der Waals surface area contributed by atoms with E-state index < -0.39 is 0 Å². The molecule has 5 heteroatoms. The number of aromatic nitrogens is 1. The van der Waals surface area contributed by atoms with E-state index in [1.165, 1.54) is 0 Å². The summed E-state index contributed by atoms with van der Waals surface area (Å²) in [5, 5.41) is 0.431. The fraction of sp³-hybridized carbons (Fsp3) is 0.400. The van der Waals surface area contributed by atoms with E-state index in [1.54, 1.807) is 11.0 Å². The number of carbonyl (C=O) groups is 1. The molecule has 1 aliphatic heterocycles. The molecule has 15 heavy (non-hydrogen) atoms. The molecule has 2 N–H and O–H groups in total. The topological polar surface area (TPSA) is 59.2 Å². The van der Waals surface area contributed by atoms with Crippen molar-refractivity contribution < 1.29 is 4.79 Å². The highest BCUT2D eigenvalue weighted by molar-refractivity contribution is 6.30. The summed E-state index contributed by atoms with van der Waals surface area (Å²) >= 11 is 5.90. The Labute approximate surface area is 93.0 Å². The molecular formula is C10H12ClN3O. The lowest BCUT2D eigenvalue weighted by Gasteiger charge is -2.15. The summed E-state index contributed by atoms with van der Waals surface area (Å²) in [5.41, 5.74) is 6.60. The van der Waals surface area contributed by atoms with E-state index in [0.29, 0.717) is 23.9 Å². The van der Waals surface area contributed by atoms with E-state index in [9.17, 15) is 4.79 Å². The smallest absolute Gasteiger partial charge is 0.229 e. The molecule has 0 saturated carbocycles. The van der Waals surface area contributed by atoms with Gasteiger partial charge in [-0.15, -0.1) is 0 Å². The fourth-order valence-electron chi connectivity index (χ4n) is 1.60. The Bertz CT molecular complexity index is 408. The lowest BCUT2D eigenvalue weighted by Crippen LogP contribution is -2.28. The number of hydrogen-bond acceptors (Lipinski definition) is 3. The number of nitrogens with two attached hydrogens (primary N) is 1. The average molecular weight is 226 g/mol. The lowest BCUT2D eigenvalue weighted by molar-refractivity contribution is -0.117. The van der Waals surface area contributed by atoms with Gasteiger partial charge in [-0.3, -0.25) is 9.69 Å². The molecule has 1 unspecified atom stereocenters. The number of aryl methyl sites for hydroxylation is 1. The van der Waals surface area contributed by atoms with Crippen LogP contribution in [-0.2, 0) is 4.79 Å². The van der Waals surface area contributed by atoms with Gasteiger partial charge in [-0.05, 0) is 18.6 Å². The molecule has 1 fully saturated rings. The number of carbonyl (C=O) groups excluding carboxylic acids is 1. The van der Waals surface area contributed by atoms with E-state index in [0.717, 1.165) is 5.56 Å². The lowest BCUT2D eigenvalue weighted by atomic mass is 10.3. The van der Waals surface area contributed by atoms with Crippen LogP contribution in [0, 0.1) is 6.92 Å². The number of pyridine rings is 1. The van der Waals surface area contributed by atoms with Crippen molar-refractivity contribution >= 4 is 23.3 Å². The number of hydrogen-bond donors (Lipinski definition) is 1. The second-order valence-electron chi connectivity index (χ2n) is 3.75. The molecule has 0 aromatic carbocycles. The minimum absolute atomic E-state index is 0.00918. The van der Waals surface area contributed by atoms with Gasteiger partial charge in [-0.1, -0.05) is 17.7 Å². The minimum atomic E-state index is -0.0978. The first-order valence-electron chi connectivity index (χ1n) is 4.77. The maximum atomic E-state index is 11.5. The summed E-state index contributed by atoms with van der Waals surface area (Å²) in [6.07, 6.45) is 0.382. The normalized spacial score (nSPS) is 21.1. The predicted octanol–water partition coefficient (Wildman–Crippen LogP) is 1.11. The molecule has 1 saturated heterocycles. The first kappa shape index (κ1) is 10.4. The van der Waals surface area contributed by atoms with Gasteiger partial charge in [-0.25, -0.2) is 4.98 Å². The van der Waals surface area contributed by atoms with Gasteiger partial charge in [0.25, 0.3) is 0 Å². The van der Waals surface area contributed by atoms with Crippen LogP contribution in [0.3, 0.4) is 0 Å². The molecule has 1 aromatic rings. The maximum absolute atomic E-state index is 11.5. The van der Waals surface area contributed by atoms with E-state index >= 15 is 0 Å². The molecule has 1 aliphatic rings. The SMILES string of the molecule is Cc1ccc(N2CC(N)CC2=O)nc1Cl. The molecule has 0 aliphatic carbocycles. The fourth-order valence-corrected chi connectivity index (χ4v) is 1.75. The third kappa shape index (κ3) is 1.96. The van der Waals surface area contributed by atoms with E-state index in [4.69, 9.17) is 17.3 Å². The molecule has 2 heterocycles. The number of halogens is 1. The molecule has 80 valence electrons. The van der Waals surface area contributed by atoms with Gasteiger partial charge >= 0.3 is 0 Å². The van der Waals surface area contributed by atoms with Crippen LogP contribution in [0.5, 0.6) is 0 Å². The highest BCUT2D eigenvalue weighted by atomic mass is 35.5. The van der Waals surface area contributed by atoms with Crippen LogP contribution in [0.2, 0.25) is 5.15 Å². The minimum Gasteiger partial charge on any atom is -0.326 e. The zero-order valence-corrected chi connectivity index (χ0v) is 9.16. The van der Waals surface area contributed by atoms with Gasteiger partial charge < -0.3 is 5.73 Å². The number of nitrogens with zero attached hydrogens (tertiary/aromatic N) is 2. The third-order valence-corrected chi connectivity index (χ3v) is 2.83. The molecule has 1 atom stereocenters. The first-order valence-corrected chi connectivity index (χ1v) is 5.15. The Hall–Kier alpha value is -1.13. The summed E-state index contributed by atoms with van der Waals surface area (Å²) in [7, 11) is 0. The van der Waals surface area contributed by atoms with Crippen LogP contribution in [0.1, 0.15) is 12.0 Å². The Balaban J connectivity index is 2.30. The third-order valence-electron chi connectivity index (χ3n) is 2.45. The number of amides is 1.